The third-order valence-electron chi connectivity index (χ3n) is 2.99. The van der Waals surface area contributed by atoms with E-state index in [0.29, 0.717) is 30.4 Å². The monoisotopic (exact) mass is 321 g/mol. The van der Waals surface area contributed by atoms with Crippen LogP contribution in [0.15, 0.2) is 16.6 Å². The topological polar surface area (TPSA) is 41.5 Å². The highest BCUT2D eigenvalue weighted by Crippen LogP contribution is 2.27. The summed E-state index contributed by atoms with van der Waals surface area (Å²) in [6, 6.07) is 2.38. The highest BCUT2D eigenvalue weighted by molar-refractivity contribution is 9.10. The van der Waals surface area contributed by atoms with Crippen LogP contribution < -0.4 is 10.1 Å². The molecule has 3 nitrogen and oxygen atoms in total. The van der Waals surface area contributed by atoms with Crippen LogP contribution in [-0.4, -0.2) is 30.4 Å². The van der Waals surface area contributed by atoms with E-state index in [4.69, 9.17) is 4.74 Å². The Bertz CT molecular complexity index is 436. The Balaban J connectivity index is 2.05. The van der Waals surface area contributed by atoms with Crippen molar-refractivity contribution in [3.05, 3.63) is 28.2 Å². The first-order chi connectivity index (χ1) is 8.50. The second-order valence-corrected chi connectivity index (χ2v) is 5.38. The molecule has 1 aromatic carbocycles. The maximum atomic E-state index is 13.4. The first kappa shape index (κ1) is 13.7. The summed E-state index contributed by atoms with van der Waals surface area (Å²) in [5, 5.41) is 13.3. The molecule has 0 bridgehead atoms. The van der Waals surface area contributed by atoms with Crippen LogP contribution in [-0.2, 0) is 0 Å². The van der Waals surface area contributed by atoms with Crippen molar-refractivity contribution in [1.29, 1.82) is 0 Å². The molecule has 2 rings (SSSR count). The average molecular weight is 322 g/mol. The largest absolute Gasteiger partial charge is 0.487 e. The van der Waals surface area contributed by atoms with Gasteiger partial charge in [-0.2, -0.15) is 4.39 Å². The van der Waals surface area contributed by atoms with E-state index in [-0.39, 0.29) is 12.4 Å². The van der Waals surface area contributed by atoms with Gasteiger partial charge >= 0.3 is 0 Å². The van der Waals surface area contributed by atoms with Gasteiger partial charge in [-0.15, -0.1) is 0 Å². The second-order valence-electron chi connectivity index (χ2n) is 4.46. The molecule has 0 aromatic heterocycles. The van der Waals surface area contributed by atoms with Gasteiger partial charge in [-0.1, -0.05) is 15.9 Å². The van der Waals surface area contributed by atoms with Gasteiger partial charge < -0.3 is 15.2 Å². The van der Waals surface area contributed by atoms with E-state index in [1.54, 1.807) is 0 Å². The Morgan fingerprint density at radius 2 is 2.00 bits per heavy atom. The molecule has 0 aliphatic carbocycles. The fraction of sp³-hybridized carbons (Fsp3) is 0.500. The SMILES string of the molecule is OC1(COc2cc(Br)cc(F)c2F)CCNCC1. The predicted molar refractivity (Wildman–Crippen MR) is 66.6 cm³/mol. The Morgan fingerprint density at radius 3 is 2.67 bits per heavy atom. The van der Waals surface area contributed by atoms with Crippen molar-refractivity contribution in [2.24, 2.45) is 0 Å². The number of aliphatic hydroxyl groups is 1. The number of rotatable bonds is 3. The molecule has 0 spiro atoms. The molecule has 1 fully saturated rings. The summed E-state index contributed by atoms with van der Waals surface area (Å²) in [5.41, 5.74) is -0.976. The lowest BCUT2D eigenvalue weighted by molar-refractivity contribution is -0.0295. The van der Waals surface area contributed by atoms with Gasteiger partial charge in [-0.25, -0.2) is 4.39 Å². The van der Waals surface area contributed by atoms with Crippen molar-refractivity contribution in [3.63, 3.8) is 0 Å². The van der Waals surface area contributed by atoms with Crippen LogP contribution in [0.1, 0.15) is 12.8 Å². The number of ether oxygens (including phenoxy) is 1. The summed E-state index contributed by atoms with van der Waals surface area (Å²) in [5.74, 6) is -2.19. The maximum absolute atomic E-state index is 13.4. The Hall–Kier alpha value is -0.720. The molecule has 100 valence electrons. The zero-order valence-electron chi connectivity index (χ0n) is 9.68. The van der Waals surface area contributed by atoms with Gasteiger partial charge in [-0.05, 0) is 38.1 Å². The molecule has 0 saturated carbocycles. The van der Waals surface area contributed by atoms with Crippen LogP contribution in [0, 0.1) is 11.6 Å². The van der Waals surface area contributed by atoms with Crippen LogP contribution in [0.4, 0.5) is 8.78 Å². The summed E-state index contributed by atoms with van der Waals surface area (Å²) < 4.78 is 32.2. The lowest BCUT2D eigenvalue weighted by atomic mass is 9.93. The number of benzene rings is 1. The van der Waals surface area contributed by atoms with E-state index in [1.807, 2.05) is 0 Å². The van der Waals surface area contributed by atoms with E-state index in [2.05, 4.69) is 21.2 Å². The van der Waals surface area contributed by atoms with Crippen molar-refractivity contribution in [2.75, 3.05) is 19.7 Å². The lowest BCUT2D eigenvalue weighted by Gasteiger charge is -2.32. The smallest absolute Gasteiger partial charge is 0.200 e. The van der Waals surface area contributed by atoms with Crippen LogP contribution >= 0.6 is 15.9 Å². The Kier molecular flexibility index (Phi) is 4.19. The van der Waals surface area contributed by atoms with Crippen LogP contribution in [0.3, 0.4) is 0 Å². The number of nitrogens with one attached hydrogen (secondary N) is 1. The van der Waals surface area contributed by atoms with Crippen molar-refractivity contribution >= 4 is 15.9 Å². The lowest BCUT2D eigenvalue weighted by Crippen LogP contribution is -2.46. The summed E-state index contributed by atoms with van der Waals surface area (Å²) in [4.78, 5) is 0. The minimum Gasteiger partial charge on any atom is -0.487 e. The second kappa shape index (κ2) is 5.50. The van der Waals surface area contributed by atoms with Crippen molar-refractivity contribution < 1.29 is 18.6 Å². The fourth-order valence-corrected chi connectivity index (χ4v) is 2.29. The molecule has 2 N–H and O–H groups in total. The maximum Gasteiger partial charge on any atom is 0.200 e. The molecule has 0 radical (unpaired) electrons. The molecular weight excluding hydrogens is 308 g/mol. The van der Waals surface area contributed by atoms with Gasteiger partial charge in [0, 0.05) is 4.47 Å². The van der Waals surface area contributed by atoms with Crippen molar-refractivity contribution in [3.8, 4) is 5.75 Å². The predicted octanol–water partition coefficient (Wildman–Crippen LogP) is 2.22. The van der Waals surface area contributed by atoms with E-state index in [0.717, 1.165) is 6.07 Å². The van der Waals surface area contributed by atoms with Crippen LogP contribution in [0.5, 0.6) is 5.75 Å². The van der Waals surface area contributed by atoms with E-state index in [9.17, 15) is 13.9 Å². The van der Waals surface area contributed by atoms with Gasteiger partial charge in [0.05, 0.1) is 0 Å². The summed E-state index contributed by atoms with van der Waals surface area (Å²) in [6.45, 7) is 1.34. The molecule has 1 aliphatic heterocycles. The minimum absolute atomic E-state index is 0.0402. The van der Waals surface area contributed by atoms with Crippen LogP contribution in [0.2, 0.25) is 0 Å². The van der Waals surface area contributed by atoms with E-state index >= 15 is 0 Å². The average Bonchev–Trinajstić information content (AvgIpc) is 2.33. The molecule has 1 heterocycles. The first-order valence-corrected chi connectivity index (χ1v) is 6.50. The zero-order valence-corrected chi connectivity index (χ0v) is 11.3. The van der Waals surface area contributed by atoms with Crippen molar-refractivity contribution in [2.45, 2.75) is 18.4 Å². The number of piperidine rings is 1. The standard InChI is InChI=1S/C12H14BrF2NO2/c13-8-5-9(14)11(15)10(6-8)18-7-12(17)1-3-16-4-2-12/h5-6,16-17H,1-4,7H2. The summed E-state index contributed by atoms with van der Waals surface area (Å²) in [6.07, 6.45) is 1.07. The summed E-state index contributed by atoms with van der Waals surface area (Å²) in [7, 11) is 0. The van der Waals surface area contributed by atoms with Gasteiger partial charge in [0.2, 0.25) is 5.82 Å². The highest BCUT2D eigenvalue weighted by Gasteiger charge is 2.30. The fourth-order valence-electron chi connectivity index (χ4n) is 1.89. The van der Waals surface area contributed by atoms with E-state index < -0.39 is 17.2 Å². The molecule has 1 saturated heterocycles. The molecule has 0 unspecified atom stereocenters. The molecule has 18 heavy (non-hydrogen) atoms. The van der Waals surface area contributed by atoms with E-state index in [1.165, 1.54) is 6.07 Å². The molecule has 1 aromatic rings. The molecule has 6 heteroatoms. The normalized spacial score (nSPS) is 18.7. The number of hydrogen-bond acceptors (Lipinski definition) is 3. The Labute approximate surface area is 112 Å². The molecular formula is C12H14BrF2NO2. The van der Waals surface area contributed by atoms with Crippen LogP contribution in [0.25, 0.3) is 0 Å². The first-order valence-electron chi connectivity index (χ1n) is 5.71. The van der Waals surface area contributed by atoms with Gasteiger partial charge in [0.1, 0.15) is 12.2 Å². The quantitative estimate of drug-likeness (QED) is 0.839. The molecule has 0 amide bonds. The highest BCUT2D eigenvalue weighted by atomic mass is 79.9. The summed E-state index contributed by atoms with van der Waals surface area (Å²) >= 11 is 3.07. The third-order valence-corrected chi connectivity index (χ3v) is 3.45. The number of halogens is 3. The third kappa shape index (κ3) is 3.18. The molecule has 0 atom stereocenters. The van der Waals surface area contributed by atoms with Gasteiger partial charge in [-0.3, -0.25) is 0 Å². The van der Waals surface area contributed by atoms with Gasteiger partial charge in [0.15, 0.2) is 11.6 Å². The zero-order chi connectivity index (χ0) is 13.2. The van der Waals surface area contributed by atoms with Crippen molar-refractivity contribution in [1.82, 2.24) is 5.32 Å². The molecule has 1 aliphatic rings. The van der Waals surface area contributed by atoms with Gasteiger partial charge in [0.25, 0.3) is 0 Å². The minimum atomic E-state index is -1.03. The number of hydrogen-bond donors (Lipinski definition) is 2. The Morgan fingerprint density at radius 1 is 1.33 bits per heavy atom.